The minimum atomic E-state index is 0.127. The maximum Gasteiger partial charge on any atom is 0.248 e. The molecule has 0 saturated heterocycles. The molecule has 0 bridgehead atoms. The molecule has 0 atom stereocenters. The van der Waals surface area contributed by atoms with Crippen LogP contribution in [0.2, 0.25) is 0 Å². The predicted molar refractivity (Wildman–Crippen MR) is 120 cm³/mol. The van der Waals surface area contributed by atoms with Crippen LogP contribution < -0.4 is 24.8 Å². The maximum atomic E-state index is 5.71. The van der Waals surface area contributed by atoms with Crippen LogP contribution in [0, 0.1) is 6.92 Å². The number of ether oxygens (including phenoxy) is 3. The summed E-state index contributed by atoms with van der Waals surface area (Å²) in [4.78, 5) is 8.79. The van der Waals surface area contributed by atoms with Crippen LogP contribution in [0.3, 0.4) is 0 Å². The highest BCUT2D eigenvalue weighted by Crippen LogP contribution is 2.32. The van der Waals surface area contributed by atoms with Gasteiger partial charge in [0.2, 0.25) is 12.7 Å². The van der Waals surface area contributed by atoms with Crippen molar-refractivity contribution in [1.82, 2.24) is 15.5 Å². The lowest BCUT2D eigenvalue weighted by Gasteiger charge is -2.14. The molecule has 0 fully saturated rings. The zero-order valence-corrected chi connectivity index (χ0v) is 18.4. The molecule has 0 aliphatic carbocycles. The van der Waals surface area contributed by atoms with Gasteiger partial charge in [-0.2, -0.15) is 4.98 Å². The number of aromatic nitrogens is 2. The second-order valence-electron chi connectivity index (χ2n) is 7.58. The monoisotopic (exact) mass is 437 g/mol. The summed E-state index contributed by atoms with van der Waals surface area (Å²) in [7, 11) is 0. The van der Waals surface area contributed by atoms with Crippen molar-refractivity contribution in [2.45, 2.75) is 39.8 Å². The molecule has 1 aromatic heterocycles. The number of nitrogens with zero attached hydrogens (tertiary/aromatic N) is 3. The van der Waals surface area contributed by atoms with E-state index in [1.54, 1.807) is 6.92 Å². The van der Waals surface area contributed by atoms with E-state index in [0.29, 0.717) is 24.2 Å². The average molecular weight is 438 g/mol. The van der Waals surface area contributed by atoms with Gasteiger partial charge in [-0.1, -0.05) is 11.2 Å². The molecule has 3 aromatic rings. The Morgan fingerprint density at radius 3 is 2.69 bits per heavy atom. The van der Waals surface area contributed by atoms with E-state index in [0.717, 1.165) is 34.9 Å². The summed E-state index contributed by atoms with van der Waals surface area (Å²) in [6.45, 7) is 6.99. The number of aliphatic imine (C=N–C) groups is 1. The second-order valence-corrected chi connectivity index (χ2v) is 7.58. The Bertz CT molecular complexity index is 1060. The predicted octanol–water partition coefficient (Wildman–Crippen LogP) is 3.69. The Hall–Kier alpha value is -3.75. The minimum absolute atomic E-state index is 0.127. The quantitative estimate of drug-likeness (QED) is 0.406. The number of benzene rings is 2. The van der Waals surface area contributed by atoms with Crippen molar-refractivity contribution in [2.75, 3.05) is 18.7 Å². The third kappa shape index (κ3) is 5.90. The fourth-order valence-electron chi connectivity index (χ4n) is 3.14. The van der Waals surface area contributed by atoms with Crippen LogP contribution in [-0.2, 0) is 13.0 Å². The summed E-state index contributed by atoms with van der Waals surface area (Å²) >= 11 is 0. The Kier molecular flexibility index (Phi) is 6.74. The smallest absolute Gasteiger partial charge is 0.248 e. The summed E-state index contributed by atoms with van der Waals surface area (Å²) < 4.78 is 21.7. The fraction of sp³-hybridized carbons (Fsp3) is 0.348. The van der Waals surface area contributed by atoms with E-state index in [4.69, 9.17) is 18.7 Å². The molecule has 0 saturated carbocycles. The van der Waals surface area contributed by atoms with Gasteiger partial charge in [-0.05, 0) is 69.2 Å². The first-order valence-electron chi connectivity index (χ1n) is 10.5. The number of aryl methyl sites for hydroxylation is 1. The van der Waals surface area contributed by atoms with E-state index in [2.05, 4.69) is 25.8 Å². The molecule has 2 aromatic carbocycles. The van der Waals surface area contributed by atoms with E-state index in [1.165, 1.54) is 0 Å². The second kappa shape index (κ2) is 10.0. The Balaban J connectivity index is 1.40. The molecule has 168 valence electrons. The van der Waals surface area contributed by atoms with Crippen LogP contribution in [0.15, 0.2) is 52.0 Å². The third-order valence-corrected chi connectivity index (χ3v) is 4.57. The van der Waals surface area contributed by atoms with Gasteiger partial charge >= 0.3 is 0 Å². The Morgan fingerprint density at radius 2 is 1.94 bits per heavy atom. The van der Waals surface area contributed by atoms with Gasteiger partial charge in [-0.3, -0.25) is 0 Å². The number of guanidine groups is 1. The van der Waals surface area contributed by atoms with E-state index >= 15 is 0 Å². The van der Waals surface area contributed by atoms with Gasteiger partial charge in [0, 0.05) is 12.2 Å². The largest absolute Gasteiger partial charge is 0.491 e. The average Bonchev–Trinajstić information content (AvgIpc) is 3.41. The summed E-state index contributed by atoms with van der Waals surface area (Å²) in [5.41, 5.74) is 2.03. The topological polar surface area (TPSA) is 103 Å². The summed E-state index contributed by atoms with van der Waals surface area (Å²) in [6, 6.07) is 13.7. The van der Waals surface area contributed by atoms with Gasteiger partial charge in [0.15, 0.2) is 23.3 Å². The van der Waals surface area contributed by atoms with Gasteiger partial charge in [0.1, 0.15) is 12.3 Å². The molecule has 4 rings (SSSR count). The number of anilines is 1. The highest BCUT2D eigenvalue weighted by Gasteiger charge is 2.13. The molecular formula is C23H27N5O4. The fourth-order valence-corrected chi connectivity index (χ4v) is 3.14. The number of hydrogen-bond donors (Lipinski definition) is 2. The molecule has 0 unspecified atom stereocenters. The first kappa shape index (κ1) is 21.5. The van der Waals surface area contributed by atoms with E-state index in [9.17, 15) is 0 Å². The van der Waals surface area contributed by atoms with Gasteiger partial charge in [-0.25, -0.2) is 4.99 Å². The van der Waals surface area contributed by atoms with Crippen LogP contribution in [0.1, 0.15) is 31.1 Å². The number of hydrogen-bond acceptors (Lipinski definition) is 7. The summed E-state index contributed by atoms with van der Waals surface area (Å²) in [6.07, 6.45) is 0.916. The number of nitrogens with one attached hydrogen (secondary N) is 2. The zero-order valence-electron chi connectivity index (χ0n) is 18.4. The third-order valence-electron chi connectivity index (χ3n) is 4.57. The zero-order chi connectivity index (χ0) is 22.3. The SMILES string of the molecule is Cc1noc(CN=C(NCCc2ccc3c(c2)OCO3)Nc2ccc(OC(C)C)cc2)n1. The van der Waals surface area contributed by atoms with Crippen LogP contribution in [0.25, 0.3) is 0 Å². The molecule has 0 radical (unpaired) electrons. The van der Waals surface area contributed by atoms with Crippen LogP contribution in [0.4, 0.5) is 5.69 Å². The van der Waals surface area contributed by atoms with Crippen molar-refractivity contribution in [3.8, 4) is 17.2 Å². The number of fused-ring (bicyclic) bond motifs is 1. The molecule has 2 heterocycles. The lowest BCUT2D eigenvalue weighted by Crippen LogP contribution is -2.32. The van der Waals surface area contributed by atoms with Gasteiger partial charge in [0.05, 0.1) is 6.10 Å². The van der Waals surface area contributed by atoms with Crippen molar-refractivity contribution < 1.29 is 18.7 Å². The van der Waals surface area contributed by atoms with E-state index in [-0.39, 0.29) is 19.4 Å². The van der Waals surface area contributed by atoms with E-state index in [1.807, 2.05) is 56.3 Å². The van der Waals surface area contributed by atoms with Crippen LogP contribution in [0.5, 0.6) is 17.2 Å². The van der Waals surface area contributed by atoms with Crippen LogP contribution in [-0.4, -0.2) is 35.5 Å². The summed E-state index contributed by atoms with van der Waals surface area (Å²) in [5, 5.41) is 10.5. The number of rotatable bonds is 8. The Labute approximate surface area is 186 Å². The molecule has 9 nitrogen and oxygen atoms in total. The molecule has 0 spiro atoms. The van der Waals surface area contributed by atoms with E-state index < -0.39 is 0 Å². The Morgan fingerprint density at radius 1 is 1.12 bits per heavy atom. The lowest BCUT2D eigenvalue weighted by molar-refractivity contribution is 0.174. The highest BCUT2D eigenvalue weighted by molar-refractivity contribution is 5.93. The molecule has 1 aliphatic heterocycles. The minimum Gasteiger partial charge on any atom is -0.491 e. The molecule has 32 heavy (non-hydrogen) atoms. The van der Waals surface area contributed by atoms with Crippen molar-refractivity contribution in [3.05, 3.63) is 59.7 Å². The van der Waals surface area contributed by atoms with Crippen molar-refractivity contribution in [2.24, 2.45) is 4.99 Å². The maximum absolute atomic E-state index is 5.71. The van der Waals surface area contributed by atoms with Gasteiger partial charge in [0.25, 0.3) is 0 Å². The van der Waals surface area contributed by atoms with Crippen LogP contribution >= 0.6 is 0 Å². The molecule has 9 heteroatoms. The van der Waals surface area contributed by atoms with Crippen molar-refractivity contribution >= 4 is 11.6 Å². The lowest BCUT2D eigenvalue weighted by atomic mass is 10.1. The molecule has 0 amide bonds. The van der Waals surface area contributed by atoms with Crippen molar-refractivity contribution in [1.29, 1.82) is 0 Å². The summed E-state index contributed by atoms with van der Waals surface area (Å²) in [5.74, 6) is 4.04. The highest BCUT2D eigenvalue weighted by atomic mass is 16.7. The van der Waals surface area contributed by atoms with Gasteiger partial charge < -0.3 is 29.4 Å². The standard InChI is InChI=1S/C23H27N5O4/c1-15(2)31-19-7-5-18(6-8-19)27-23(25-13-22-26-16(3)28-32-22)24-11-10-17-4-9-20-21(12-17)30-14-29-20/h4-9,12,15H,10-11,13-14H2,1-3H3,(H2,24,25,27). The normalized spacial score (nSPS) is 12.8. The van der Waals surface area contributed by atoms with Crippen molar-refractivity contribution in [3.63, 3.8) is 0 Å². The molecule has 1 aliphatic rings. The molecule has 2 N–H and O–H groups in total. The first-order chi connectivity index (χ1) is 15.5. The molecular weight excluding hydrogens is 410 g/mol. The first-order valence-corrected chi connectivity index (χ1v) is 10.5. The van der Waals surface area contributed by atoms with Gasteiger partial charge in [-0.15, -0.1) is 0 Å².